The second-order valence-electron chi connectivity index (χ2n) is 9.07. The molecule has 1 amide bonds. The topological polar surface area (TPSA) is 78.4 Å². The first kappa shape index (κ1) is 27.0. The van der Waals surface area contributed by atoms with Crippen molar-refractivity contribution in [3.8, 4) is 11.1 Å². The Kier molecular flexibility index (Phi) is 7.61. The molecule has 12 heteroatoms. The first-order chi connectivity index (χ1) is 18.0. The van der Waals surface area contributed by atoms with Crippen molar-refractivity contribution in [2.24, 2.45) is 0 Å². The zero-order chi connectivity index (χ0) is 27.6. The van der Waals surface area contributed by atoms with Crippen molar-refractivity contribution in [1.29, 1.82) is 0 Å². The van der Waals surface area contributed by atoms with Gasteiger partial charge < -0.3 is 19.9 Å². The third-order valence-corrected chi connectivity index (χ3v) is 6.09. The molecule has 1 fully saturated rings. The lowest BCUT2D eigenvalue weighted by Gasteiger charge is -2.40. The minimum absolute atomic E-state index is 0.0316. The molecule has 1 N–H and O–H groups in total. The molecule has 38 heavy (non-hydrogen) atoms. The molecule has 2 aromatic heterocycles. The fourth-order valence-electron chi connectivity index (χ4n) is 4.14. The predicted octanol–water partition coefficient (Wildman–Crippen LogP) is 5.05. The van der Waals surface area contributed by atoms with Crippen LogP contribution in [0.3, 0.4) is 0 Å². The van der Waals surface area contributed by atoms with E-state index in [0.29, 0.717) is 6.29 Å². The average molecular weight is 534 g/mol. The number of aldehydes is 1. The number of pyridine rings is 2. The molecule has 0 radical (unpaired) electrons. The molecule has 1 aromatic carbocycles. The number of hydrogen-bond acceptors (Lipinski definition) is 6. The van der Waals surface area contributed by atoms with Crippen LogP contribution < -0.4 is 15.1 Å². The Morgan fingerprint density at radius 1 is 1.21 bits per heavy atom. The number of aromatic nitrogens is 2. The number of anilines is 3. The summed E-state index contributed by atoms with van der Waals surface area (Å²) in [6.45, 7) is 0.0347. The van der Waals surface area contributed by atoms with Gasteiger partial charge in [0, 0.05) is 36.1 Å². The van der Waals surface area contributed by atoms with Gasteiger partial charge in [0.25, 0.3) is 12.3 Å². The molecule has 3 aromatic rings. The fraction of sp³-hybridized carbons (Fsp3) is 0.308. The molecule has 200 valence electrons. The van der Waals surface area contributed by atoms with Crippen LogP contribution in [-0.2, 0) is 9.59 Å². The molecule has 1 aliphatic rings. The zero-order valence-electron chi connectivity index (χ0n) is 20.5. The number of rotatable bonds is 9. The molecule has 1 saturated heterocycles. The first-order valence-electron chi connectivity index (χ1n) is 11.6. The molecule has 0 spiro atoms. The predicted molar refractivity (Wildman–Crippen MR) is 132 cm³/mol. The van der Waals surface area contributed by atoms with Gasteiger partial charge in [-0.2, -0.15) is 4.39 Å². The van der Waals surface area contributed by atoms with Crippen molar-refractivity contribution in [3.05, 3.63) is 65.9 Å². The number of nitrogens with one attached hydrogen (secondary N) is 1. The van der Waals surface area contributed by atoms with Crippen molar-refractivity contribution in [2.75, 3.05) is 41.8 Å². The summed E-state index contributed by atoms with van der Waals surface area (Å²) in [5.41, 5.74) is 0.754. The van der Waals surface area contributed by atoms with E-state index in [4.69, 9.17) is 0 Å². The third-order valence-electron chi connectivity index (χ3n) is 6.09. The molecular weight excluding hydrogens is 509 g/mol. The van der Waals surface area contributed by atoms with Gasteiger partial charge in [0.1, 0.15) is 12.1 Å². The summed E-state index contributed by atoms with van der Waals surface area (Å²) in [6, 6.07) is 9.56. The van der Waals surface area contributed by atoms with Gasteiger partial charge in [-0.25, -0.2) is 22.5 Å². The van der Waals surface area contributed by atoms with Crippen LogP contribution in [0.5, 0.6) is 0 Å². The number of hydrogen-bond donors (Lipinski definition) is 1. The standard InChI is InChI=1S/C26H24F5N5O2/c1-15(12-37)23-18(4-3-9-32-23)22-19(10-20(34-25(22)29)36-13-26(30,31)14-36)35(2)11-21(38)33-17-7-5-16(6-8-17)24(27)28/h3-10,12,15,24H,11,13-14H2,1-2H3,(H,33,38)/t15-/m1/s1. The Labute approximate surface area is 215 Å². The molecule has 4 rings (SSSR count). The van der Waals surface area contributed by atoms with Crippen LogP contribution >= 0.6 is 0 Å². The van der Waals surface area contributed by atoms with Crippen molar-refractivity contribution < 1.29 is 31.5 Å². The molecule has 0 unspecified atom stereocenters. The van der Waals surface area contributed by atoms with Crippen LogP contribution in [0.2, 0.25) is 0 Å². The van der Waals surface area contributed by atoms with Gasteiger partial charge >= 0.3 is 0 Å². The van der Waals surface area contributed by atoms with Gasteiger partial charge in [-0.1, -0.05) is 25.1 Å². The minimum Gasteiger partial charge on any atom is -0.365 e. The second-order valence-corrected chi connectivity index (χ2v) is 9.07. The minimum atomic E-state index is -2.92. The highest BCUT2D eigenvalue weighted by Gasteiger charge is 2.45. The van der Waals surface area contributed by atoms with Crippen molar-refractivity contribution in [1.82, 2.24) is 9.97 Å². The number of nitrogens with zero attached hydrogens (tertiary/aromatic N) is 4. The SMILES string of the molecule is C[C@H](C=O)c1ncccc1-c1c(N(C)CC(=O)Nc2ccc(C(F)F)cc2)cc(N2CC(F)(F)C2)nc1F. The van der Waals surface area contributed by atoms with Gasteiger partial charge in [0.05, 0.1) is 42.5 Å². The van der Waals surface area contributed by atoms with E-state index in [0.717, 1.165) is 0 Å². The summed E-state index contributed by atoms with van der Waals surface area (Å²) >= 11 is 0. The summed E-state index contributed by atoms with van der Waals surface area (Å²) in [6.07, 6.45) is -0.536. The number of carbonyl (C=O) groups is 2. The highest BCUT2D eigenvalue weighted by Crippen LogP contribution is 2.40. The van der Waals surface area contributed by atoms with Crippen LogP contribution in [0.1, 0.15) is 30.5 Å². The van der Waals surface area contributed by atoms with E-state index in [1.165, 1.54) is 53.4 Å². The molecule has 3 heterocycles. The Balaban J connectivity index is 1.68. The number of carbonyl (C=O) groups excluding carboxylic acids is 2. The van der Waals surface area contributed by atoms with E-state index in [9.17, 15) is 27.2 Å². The second kappa shape index (κ2) is 10.7. The summed E-state index contributed by atoms with van der Waals surface area (Å²) in [4.78, 5) is 35.0. The zero-order valence-corrected chi connectivity index (χ0v) is 20.5. The Hall–Kier alpha value is -4.09. The van der Waals surface area contributed by atoms with Gasteiger partial charge in [0.2, 0.25) is 11.9 Å². The molecule has 1 atom stereocenters. The summed E-state index contributed by atoms with van der Waals surface area (Å²) < 4.78 is 68.2. The van der Waals surface area contributed by atoms with Gasteiger partial charge in [0.15, 0.2) is 0 Å². The number of benzene rings is 1. The molecule has 0 bridgehead atoms. The molecular formula is C26H24F5N5O2. The Morgan fingerprint density at radius 3 is 2.50 bits per heavy atom. The van der Waals surface area contributed by atoms with E-state index in [1.54, 1.807) is 19.1 Å². The normalized spacial score (nSPS) is 15.1. The van der Waals surface area contributed by atoms with Crippen LogP contribution in [0.25, 0.3) is 11.1 Å². The highest BCUT2D eigenvalue weighted by atomic mass is 19.3. The van der Waals surface area contributed by atoms with Gasteiger partial charge in [-0.3, -0.25) is 9.78 Å². The van der Waals surface area contributed by atoms with E-state index < -0.39 is 43.2 Å². The molecule has 0 aliphatic carbocycles. The van der Waals surface area contributed by atoms with Crippen molar-refractivity contribution >= 4 is 29.4 Å². The molecule has 7 nitrogen and oxygen atoms in total. The summed E-state index contributed by atoms with van der Waals surface area (Å²) in [5.74, 6) is -5.15. The van der Waals surface area contributed by atoms with Crippen LogP contribution in [0.4, 0.5) is 39.1 Å². The maximum Gasteiger partial charge on any atom is 0.282 e. The van der Waals surface area contributed by atoms with E-state index in [2.05, 4.69) is 15.3 Å². The quantitative estimate of drug-likeness (QED) is 0.236. The van der Waals surface area contributed by atoms with E-state index in [1.807, 2.05) is 0 Å². The smallest absolute Gasteiger partial charge is 0.282 e. The van der Waals surface area contributed by atoms with Crippen LogP contribution in [-0.4, -0.2) is 54.8 Å². The number of alkyl halides is 4. The maximum absolute atomic E-state index is 15.6. The Morgan fingerprint density at radius 2 is 1.89 bits per heavy atom. The fourth-order valence-corrected chi connectivity index (χ4v) is 4.14. The molecule has 0 saturated carbocycles. The van der Waals surface area contributed by atoms with E-state index in [-0.39, 0.29) is 46.1 Å². The highest BCUT2D eigenvalue weighted by molar-refractivity contribution is 5.95. The van der Waals surface area contributed by atoms with Gasteiger partial charge in [-0.05, 0) is 18.2 Å². The third kappa shape index (κ3) is 5.74. The average Bonchev–Trinajstić information content (AvgIpc) is 2.86. The lowest BCUT2D eigenvalue weighted by molar-refractivity contribution is -0.115. The van der Waals surface area contributed by atoms with E-state index >= 15 is 4.39 Å². The van der Waals surface area contributed by atoms with Crippen molar-refractivity contribution in [2.45, 2.75) is 25.2 Å². The summed E-state index contributed by atoms with van der Waals surface area (Å²) in [7, 11) is 1.51. The first-order valence-corrected chi connectivity index (χ1v) is 11.6. The van der Waals surface area contributed by atoms with Gasteiger partial charge in [-0.15, -0.1) is 0 Å². The lowest BCUT2D eigenvalue weighted by Crippen LogP contribution is -2.56. The number of amides is 1. The molecule has 1 aliphatic heterocycles. The maximum atomic E-state index is 15.6. The number of likely N-dealkylation sites (N-methyl/N-ethyl adjacent to an activating group) is 1. The summed E-state index contributed by atoms with van der Waals surface area (Å²) in [5, 5.41) is 2.59. The monoisotopic (exact) mass is 533 g/mol. The Bertz CT molecular complexity index is 1330. The van der Waals surface area contributed by atoms with Crippen molar-refractivity contribution in [3.63, 3.8) is 0 Å². The lowest BCUT2D eigenvalue weighted by atomic mass is 9.96. The van der Waals surface area contributed by atoms with Crippen LogP contribution in [0, 0.1) is 5.95 Å². The largest absolute Gasteiger partial charge is 0.365 e. The number of halogens is 5. The van der Waals surface area contributed by atoms with Crippen LogP contribution in [0.15, 0.2) is 48.7 Å².